The van der Waals surface area contributed by atoms with E-state index in [1.165, 1.54) is 24.3 Å². The third-order valence-corrected chi connectivity index (χ3v) is 6.48. The number of rotatable bonds is 3. The smallest absolute Gasteiger partial charge is 0.157 e. The Kier molecular flexibility index (Phi) is 5.29. The highest BCUT2D eigenvalue weighted by Gasteiger charge is 2.41. The molecule has 35 heavy (non-hydrogen) atoms. The van der Waals surface area contributed by atoms with E-state index in [1.54, 1.807) is 24.3 Å². The first-order valence-electron chi connectivity index (χ1n) is 11.1. The fraction of sp³-hybridized carbons (Fsp3) is 0.103. The van der Waals surface area contributed by atoms with E-state index in [1.807, 2.05) is 37.3 Å². The minimum atomic E-state index is -0.560. The molecule has 0 amide bonds. The van der Waals surface area contributed by atoms with Crippen LogP contribution in [-0.4, -0.2) is 30.6 Å². The molecule has 4 aromatic rings. The molecule has 0 aliphatic heterocycles. The standard InChI is InChI=1S/C29H24O6/c1-15-2-4-16(5-3-15)8-22-23-13-21(32)14-26(35)29(23)28(17-6-7-24(33)25(34)11-17)27(22)18-9-19(30)12-20(31)10-18/h2-14,27-28,30-35H,1H3/b22-8-/t27-,28+/m1/s1. The molecule has 6 N–H and O–H groups in total. The highest BCUT2D eigenvalue weighted by molar-refractivity contribution is 5.93. The predicted octanol–water partition coefficient (Wildman–Crippen LogP) is 5.70. The van der Waals surface area contributed by atoms with Crippen LogP contribution < -0.4 is 0 Å². The Bertz CT molecular complexity index is 1450. The van der Waals surface area contributed by atoms with E-state index in [4.69, 9.17) is 0 Å². The number of aromatic hydroxyl groups is 6. The van der Waals surface area contributed by atoms with Crippen molar-refractivity contribution in [3.8, 4) is 34.5 Å². The van der Waals surface area contributed by atoms with E-state index < -0.39 is 11.8 Å². The molecule has 6 nitrogen and oxygen atoms in total. The summed E-state index contributed by atoms with van der Waals surface area (Å²) >= 11 is 0. The Labute approximate surface area is 201 Å². The van der Waals surface area contributed by atoms with Gasteiger partial charge in [-0.05, 0) is 65.1 Å². The summed E-state index contributed by atoms with van der Waals surface area (Å²) in [7, 11) is 0. The van der Waals surface area contributed by atoms with Gasteiger partial charge in [0.25, 0.3) is 0 Å². The van der Waals surface area contributed by atoms with Crippen LogP contribution in [0, 0.1) is 6.92 Å². The van der Waals surface area contributed by atoms with Crippen molar-refractivity contribution in [2.45, 2.75) is 18.8 Å². The molecule has 0 radical (unpaired) electrons. The van der Waals surface area contributed by atoms with Crippen molar-refractivity contribution in [1.82, 2.24) is 0 Å². The molecule has 0 heterocycles. The van der Waals surface area contributed by atoms with Gasteiger partial charge >= 0.3 is 0 Å². The number of aryl methyl sites for hydroxylation is 1. The average Bonchev–Trinajstić information content (AvgIpc) is 3.11. The van der Waals surface area contributed by atoms with E-state index in [9.17, 15) is 30.6 Å². The summed E-state index contributed by atoms with van der Waals surface area (Å²) in [5, 5.41) is 62.0. The summed E-state index contributed by atoms with van der Waals surface area (Å²) in [5.74, 6) is -2.13. The van der Waals surface area contributed by atoms with Crippen LogP contribution in [0.15, 0.2) is 72.8 Å². The lowest BCUT2D eigenvalue weighted by atomic mass is 9.79. The fourth-order valence-corrected chi connectivity index (χ4v) is 4.97. The summed E-state index contributed by atoms with van der Waals surface area (Å²) < 4.78 is 0. The van der Waals surface area contributed by atoms with E-state index in [-0.39, 0.29) is 34.5 Å². The lowest BCUT2D eigenvalue weighted by molar-refractivity contribution is 0.402. The Morgan fingerprint density at radius 3 is 1.89 bits per heavy atom. The zero-order valence-electron chi connectivity index (χ0n) is 18.8. The van der Waals surface area contributed by atoms with Crippen molar-refractivity contribution in [2.24, 2.45) is 0 Å². The second-order valence-corrected chi connectivity index (χ2v) is 8.92. The van der Waals surface area contributed by atoms with Crippen molar-refractivity contribution < 1.29 is 30.6 Å². The van der Waals surface area contributed by atoms with Gasteiger partial charge in [0.15, 0.2) is 11.5 Å². The molecule has 6 heteroatoms. The minimum Gasteiger partial charge on any atom is -0.508 e. The van der Waals surface area contributed by atoms with Gasteiger partial charge in [-0.1, -0.05) is 42.0 Å². The van der Waals surface area contributed by atoms with Gasteiger partial charge in [-0.3, -0.25) is 0 Å². The van der Waals surface area contributed by atoms with E-state index in [2.05, 4.69) is 0 Å². The number of allylic oxidation sites excluding steroid dienone is 1. The van der Waals surface area contributed by atoms with Crippen molar-refractivity contribution in [1.29, 1.82) is 0 Å². The van der Waals surface area contributed by atoms with Gasteiger partial charge in [0.2, 0.25) is 0 Å². The summed E-state index contributed by atoms with van der Waals surface area (Å²) in [5.41, 5.74) is 5.05. The van der Waals surface area contributed by atoms with E-state index >= 15 is 0 Å². The molecule has 0 saturated carbocycles. The highest BCUT2D eigenvalue weighted by atomic mass is 16.3. The molecular weight excluding hydrogens is 444 g/mol. The van der Waals surface area contributed by atoms with Gasteiger partial charge in [0, 0.05) is 29.5 Å². The number of phenolic OH excluding ortho intramolecular Hbond substituents is 6. The van der Waals surface area contributed by atoms with Crippen molar-refractivity contribution in [2.75, 3.05) is 0 Å². The molecule has 5 rings (SSSR count). The van der Waals surface area contributed by atoms with Crippen LogP contribution in [-0.2, 0) is 0 Å². The largest absolute Gasteiger partial charge is 0.508 e. The first-order valence-corrected chi connectivity index (χ1v) is 11.1. The van der Waals surface area contributed by atoms with Gasteiger partial charge < -0.3 is 30.6 Å². The molecule has 2 atom stereocenters. The molecule has 0 saturated heterocycles. The van der Waals surface area contributed by atoms with Gasteiger partial charge in [-0.2, -0.15) is 0 Å². The molecular formula is C29H24O6. The molecule has 0 spiro atoms. The molecule has 1 aliphatic carbocycles. The summed E-state index contributed by atoms with van der Waals surface area (Å²) in [6.07, 6.45) is 1.95. The maximum absolute atomic E-state index is 11.0. The second kappa shape index (κ2) is 8.33. The normalized spacial score (nSPS) is 18.0. The van der Waals surface area contributed by atoms with Gasteiger partial charge in [-0.15, -0.1) is 0 Å². The number of hydrogen-bond acceptors (Lipinski definition) is 6. The molecule has 1 aliphatic rings. The Morgan fingerprint density at radius 2 is 1.23 bits per heavy atom. The van der Waals surface area contributed by atoms with Gasteiger partial charge in [0.05, 0.1) is 0 Å². The second-order valence-electron chi connectivity index (χ2n) is 8.92. The van der Waals surface area contributed by atoms with Gasteiger partial charge in [0.1, 0.15) is 23.0 Å². The third-order valence-electron chi connectivity index (χ3n) is 6.48. The lowest BCUT2D eigenvalue weighted by Crippen LogP contribution is -2.08. The highest BCUT2D eigenvalue weighted by Crippen LogP contribution is 2.59. The minimum absolute atomic E-state index is 0.109. The Balaban J connectivity index is 1.84. The monoisotopic (exact) mass is 468 g/mol. The first-order chi connectivity index (χ1) is 16.7. The van der Waals surface area contributed by atoms with Crippen LogP contribution >= 0.6 is 0 Å². The van der Waals surface area contributed by atoms with Crippen molar-refractivity contribution in [3.63, 3.8) is 0 Å². The number of benzene rings is 4. The molecule has 0 unspecified atom stereocenters. The zero-order chi connectivity index (χ0) is 24.9. The van der Waals surface area contributed by atoms with Crippen molar-refractivity contribution in [3.05, 3.63) is 106 Å². The zero-order valence-corrected chi connectivity index (χ0v) is 18.8. The Morgan fingerprint density at radius 1 is 0.571 bits per heavy atom. The van der Waals surface area contributed by atoms with E-state index in [0.717, 1.165) is 16.7 Å². The van der Waals surface area contributed by atoms with Crippen LogP contribution in [0.25, 0.3) is 11.6 Å². The average molecular weight is 469 g/mol. The molecule has 0 fully saturated rings. The SMILES string of the molecule is Cc1ccc(/C=C2/c3cc(O)cc(O)c3[C@@H](c3ccc(O)c(O)c3)[C@@H]2c2cc(O)cc(O)c2)cc1. The van der Waals surface area contributed by atoms with Crippen LogP contribution in [0.5, 0.6) is 34.5 Å². The molecule has 176 valence electrons. The molecule has 4 aromatic carbocycles. The maximum atomic E-state index is 11.0. The van der Waals surface area contributed by atoms with Crippen molar-refractivity contribution >= 4 is 11.6 Å². The summed E-state index contributed by atoms with van der Waals surface area (Å²) in [6.45, 7) is 1.99. The van der Waals surface area contributed by atoms with Crippen LogP contribution in [0.2, 0.25) is 0 Å². The van der Waals surface area contributed by atoms with Crippen LogP contribution in [0.4, 0.5) is 0 Å². The maximum Gasteiger partial charge on any atom is 0.157 e. The van der Waals surface area contributed by atoms with Crippen LogP contribution in [0.3, 0.4) is 0 Å². The number of hydrogen-bond donors (Lipinski definition) is 6. The predicted molar refractivity (Wildman–Crippen MR) is 133 cm³/mol. The summed E-state index contributed by atoms with van der Waals surface area (Å²) in [4.78, 5) is 0. The Hall–Kier alpha value is -4.58. The third kappa shape index (κ3) is 3.99. The fourth-order valence-electron chi connectivity index (χ4n) is 4.97. The first kappa shape index (κ1) is 22.2. The van der Waals surface area contributed by atoms with Gasteiger partial charge in [-0.25, -0.2) is 0 Å². The molecule has 0 aromatic heterocycles. The lowest BCUT2D eigenvalue weighted by Gasteiger charge is -2.24. The number of phenols is 6. The summed E-state index contributed by atoms with van der Waals surface area (Å²) in [6, 6.07) is 19.5. The van der Waals surface area contributed by atoms with Crippen LogP contribution in [0.1, 0.15) is 45.2 Å². The number of fused-ring (bicyclic) bond motifs is 1. The quantitative estimate of drug-likeness (QED) is 0.215. The topological polar surface area (TPSA) is 121 Å². The van der Waals surface area contributed by atoms with E-state index in [0.29, 0.717) is 22.3 Å². The molecule has 0 bridgehead atoms.